The Morgan fingerprint density at radius 1 is 1.50 bits per heavy atom. The van der Waals surface area contributed by atoms with E-state index in [2.05, 4.69) is 0 Å². The Kier molecular flexibility index (Phi) is 2.11. The Morgan fingerprint density at radius 2 is 2.21 bits per heavy atom. The van der Waals surface area contributed by atoms with E-state index in [1.165, 1.54) is 4.57 Å². The average molecular weight is 212 g/mol. The van der Waals surface area contributed by atoms with Crippen LogP contribution < -0.4 is 5.76 Å². The van der Waals surface area contributed by atoms with E-state index in [-0.39, 0.29) is 11.1 Å². The summed E-state index contributed by atoms with van der Waals surface area (Å²) in [6.07, 6.45) is 0. The maximum atomic E-state index is 11.2. The summed E-state index contributed by atoms with van der Waals surface area (Å²) >= 11 is 5.92. The van der Waals surface area contributed by atoms with Gasteiger partial charge in [-0.2, -0.15) is 0 Å². The minimum absolute atomic E-state index is 0.0788. The third kappa shape index (κ3) is 1.34. The number of hydrogen-bond acceptors (Lipinski definition) is 2. The lowest BCUT2D eigenvalue weighted by atomic mass is 10.1. The predicted molar refractivity (Wildman–Crippen MR) is 55.7 cm³/mol. The summed E-state index contributed by atoms with van der Waals surface area (Å²) in [6.45, 7) is 1.88. The Morgan fingerprint density at radius 3 is 2.86 bits per heavy atom. The summed E-state index contributed by atoms with van der Waals surface area (Å²) in [7, 11) is 1.68. The highest BCUT2D eigenvalue weighted by molar-refractivity contribution is 6.20. The number of nitrogens with zero attached hydrogens (tertiary/aromatic N) is 1. The third-order valence-corrected chi connectivity index (χ3v) is 2.53. The van der Waals surface area contributed by atoms with Crippen LogP contribution in [0.4, 0.5) is 0 Å². The summed E-state index contributed by atoms with van der Waals surface area (Å²) in [4.78, 5) is 11.2. The molecule has 0 amide bonds. The molecule has 0 saturated carbocycles. The number of aromatic nitrogens is 1. The topological polar surface area (TPSA) is 35.1 Å². The van der Waals surface area contributed by atoms with Crippen molar-refractivity contribution < 1.29 is 4.42 Å². The molecule has 1 aromatic heterocycles. The smallest absolute Gasteiger partial charge is 0.408 e. The van der Waals surface area contributed by atoms with Crippen molar-refractivity contribution in [3.63, 3.8) is 0 Å². The zero-order chi connectivity index (χ0) is 10.3. The van der Waals surface area contributed by atoms with E-state index in [1.807, 2.05) is 19.1 Å². The second kappa shape index (κ2) is 3.17. The summed E-state index contributed by atoms with van der Waals surface area (Å²) in [5.41, 5.74) is 2.33. The second-order valence-electron chi connectivity index (χ2n) is 3.27. The molecule has 0 N–H and O–H groups in total. The van der Waals surface area contributed by atoms with Crippen molar-refractivity contribution in [2.45, 2.75) is 12.3 Å². The number of fused-ring (bicyclic) bond motifs is 1. The first kappa shape index (κ1) is 9.34. The van der Waals surface area contributed by atoms with E-state index < -0.39 is 0 Å². The predicted octanol–water partition coefficient (Wildman–Crippen LogP) is 2.43. The van der Waals surface area contributed by atoms with Gasteiger partial charge in [0.2, 0.25) is 0 Å². The van der Waals surface area contributed by atoms with E-state index in [4.69, 9.17) is 16.0 Å². The monoisotopic (exact) mass is 211 g/mol. The van der Waals surface area contributed by atoms with Crippen LogP contribution in [0.15, 0.2) is 27.4 Å². The number of benzene rings is 1. The molecule has 1 aromatic carbocycles. The van der Waals surface area contributed by atoms with Gasteiger partial charge in [0.15, 0.2) is 5.58 Å². The van der Waals surface area contributed by atoms with Gasteiger partial charge in [0.05, 0.1) is 10.9 Å². The van der Waals surface area contributed by atoms with Gasteiger partial charge in [-0.3, -0.25) is 4.57 Å². The molecule has 2 rings (SSSR count). The molecule has 74 valence electrons. The molecule has 1 unspecified atom stereocenters. The van der Waals surface area contributed by atoms with E-state index in [0.717, 1.165) is 11.1 Å². The number of alkyl halides is 1. The third-order valence-electron chi connectivity index (χ3n) is 2.28. The highest BCUT2D eigenvalue weighted by Gasteiger charge is 2.08. The molecular weight excluding hydrogens is 202 g/mol. The van der Waals surface area contributed by atoms with Crippen LogP contribution in [-0.4, -0.2) is 4.57 Å². The molecule has 2 aromatic rings. The first-order chi connectivity index (χ1) is 6.59. The Hall–Kier alpha value is -1.22. The van der Waals surface area contributed by atoms with Gasteiger partial charge in [0.25, 0.3) is 0 Å². The fourth-order valence-corrected chi connectivity index (χ4v) is 1.53. The van der Waals surface area contributed by atoms with Crippen LogP contribution in [0, 0.1) is 0 Å². The molecule has 4 heteroatoms. The van der Waals surface area contributed by atoms with E-state index >= 15 is 0 Å². The summed E-state index contributed by atoms with van der Waals surface area (Å²) in [5, 5.41) is -0.0788. The van der Waals surface area contributed by atoms with Crippen molar-refractivity contribution in [2.24, 2.45) is 7.05 Å². The number of oxazole rings is 1. The van der Waals surface area contributed by atoms with E-state index in [1.54, 1.807) is 13.1 Å². The van der Waals surface area contributed by atoms with Gasteiger partial charge in [0, 0.05) is 7.05 Å². The van der Waals surface area contributed by atoms with Crippen LogP contribution in [0.5, 0.6) is 0 Å². The Balaban J connectivity index is 2.73. The van der Waals surface area contributed by atoms with Crippen molar-refractivity contribution in [1.82, 2.24) is 4.57 Å². The molecule has 0 aliphatic carbocycles. The molecule has 0 radical (unpaired) electrons. The van der Waals surface area contributed by atoms with Gasteiger partial charge >= 0.3 is 5.76 Å². The van der Waals surface area contributed by atoms with Crippen molar-refractivity contribution in [3.05, 3.63) is 34.3 Å². The molecule has 1 heterocycles. The van der Waals surface area contributed by atoms with Crippen LogP contribution >= 0.6 is 11.6 Å². The summed E-state index contributed by atoms with van der Waals surface area (Å²) in [5.74, 6) is -0.348. The van der Waals surface area contributed by atoms with Crippen molar-refractivity contribution in [2.75, 3.05) is 0 Å². The number of rotatable bonds is 1. The molecule has 0 fully saturated rings. The lowest BCUT2D eigenvalue weighted by molar-refractivity contribution is 0.528. The highest BCUT2D eigenvalue weighted by Crippen LogP contribution is 2.23. The highest BCUT2D eigenvalue weighted by atomic mass is 35.5. The molecule has 0 aliphatic rings. The van der Waals surface area contributed by atoms with Crippen molar-refractivity contribution >= 4 is 22.7 Å². The van der Waals surface area contributed by atoms with Crippen LogP contribution in [0.2, 0.25) is 0 Å². The number of aryl methyl sites for hydroxylation is 1. The largest absolute Gasteiger partial charge is 0.419 e. The first-order valence-corrected chi connectivity index (χ1v) is 4.77. The maximum absolute atomic E-state index is 11.2. The zero-order valence-corrected chi connectivity index (χ0v) is 8.71. The molecular formula is C10H10ClNO2. The van der Waals surface area contributed by atoms with Crippen LogP contribution in [-0.2, 0) is 7.05 Å². The van der Waals surface area contributed by atoms with Gasteiger partial charge < -0.3 is 4.42 Å². The van der Waals surface area contributed by atoms with Crippen molar-refractivity contribution in [1.29, 1.82) is 0 Å². The molecule has 0 bridgehead atoms. The fourth-order valence-electron chi connectivity index (χ4n) is 1.40. The maximum Gasteiger partial charge on any atom is 0.419 e. The SMILES string of the molecule is CC(Cl)c1ccc2c(c1)oc(=O)n2C. The van der Waals surface area contributed by atoms with Gasteiger partial charge in [0.1, 0.15) is 0 Å². The van der Waals surface area contributed by atoms with E-state index in [9.17, 15) is 4.79 Å². The van der Waals surface area contributed by atoms with Gasteiger partial charge in [-0.05, 0) is 24.6 Å². The summed E-state index contributed by atoms with van der Waals surface area (Å²) < 4.78 is 6.51. The Bertz CT molecular complexity index is 524. The second-order valence-corrected chi connectivity index (χ2v) is 3.92. The average Bonchev–Trinajstić information content (AvgIpc) is 2.42. The molecule has 3 nitrogen and oxygen atoms in total. The fraction of sp³-hybridized carbons (Fsp3) is 0.300. The number of halogens is 1. The zero-order valence-electron chi connectivity index (χ0n) is 7.95. The summed E-state index contributed by atoms with van der Waals surface area (Å²) in [6, 6.07) is 5.54. The Labute approximate surface area is 85.9 Å². The molecule has 0 aliphatic heterocycles. The lowest BCUT2D eigenvalue weighted by Crippen LogP contribution is -2.08. The van der Waals surface area contributed by atoms with Crippen molar-refractivity contribution in [3.8, 4) is 0 Å². The minimum atomic E-state index is -0.348. The van der Waals surface area contributed by atoms with Gasteiger partial charge in [-0.15, -0.1) is 11.6 Å². The standard InChI is InChI=1S/C10H10ClNO2/c1-6(11)7-3-4-8-9(5-7)14-10(13)12(8)2/h3-6H,1-2H3. The lowest BCUT2D eigenvalue weighted by Gasteiger charge is -2.01. The minimum Gasteiger partial charge on any atom is -0.408 e. The van der Waals surface area contributed by atoms with Crippen LogP contribution in [0.3, 0.4) is 0 Å². The first-order valence-electron chi connectivity index (χ1n) is 4.33. The molecule has 14 heavy (non-hydrogen) atoms. The quantitative estimate of drug-likeness (QED) is 0.679. The normalized spacial score (nSPS) is 13.4. The van der Waals surface area contributed by atoms with Gasteiger partial charge in [-0.1, -0.05) is 6.07 Å². The molecule has 1 atom stereocenters. The van der Waals surface area contributed by atoms with Gasteiger partial charge in [-0.25, -0.2) is 4.79 Å². The van der Waals surface area contributed by atoms with Crippen LogP contribution in [0.25, 0.3) is 11.1 Å². The number of hydrogen-bond donors (Lipinski definition) is 0. The van der Waals surface area contributed by atoms with Crippen LogP contribution in [0.1, 0.15) is 17.9 Å². The molecule has 0 saturated heterocycles. The molecule has 0 spiro atoms. The van der Waals surface area contributed by atoms with E-state index in [0.29, 0.717) is 5.58 Å².